The van der Waals surface area contributed by atoms with E-state index in [0.29, 0.717) is 12.0 Å². The minimum absolute atomic E-state index is 0. The van der Waals surface area contributed by atoms with Gasteiger partial charge in [0, 0.05) is 0 Å². The van der Waals surface area contributed by atoms with Gasteiger partial charge in [0.05, 0.1) is 39.6 Å². The number of carboxylic acid groups (broad SMARTS) is 1. The first-order valence-corrected chi connectivity index (χ1v) is 11.2. The van der Waals surface area contributed by atoms with Crippen LogP contribution in [0.3, 0.4) is 0 Å². The van der Waals surface area contributed by atoms with Crippen molar-refractivity contribution in [2.24, 2.45) is 5.92 Å². The van der Waals surface area contributed by atoms with Crippen molar-refractivity contribution in [2.45, 2.75) is 35.5 Å². The van der Waals surface area contributed by atoms with Gasteiger partial charge in [-0.3, -0.25) is 9.20 Å². The summed E-state index contributed by atoms with van der Waals surface area (Å²) in [5.74, 6) is -2.26. The Morgan fingerprint density at radius 1 is 1.44 bits per heavy atom. The minimum Gasteiger partial charge on any atom is -0.543 e. The largest absolute Gasteiger partial charge is 1.00 e. The molecule has 3 atom stereocenters. The van der Waals surface area contributed by atoms with Gasteiger partial charge in [-0.05, 0) is 31.4 Å². The van der Waals surface area contributed by atoms with Gasteiger partial charge >= 0.3 is 29.6 Å². The van der Waals surface area contributed by atoms with Gasteiger partial charge in [-0.2, -0.15) is 0 Å². The Balaban J connectivity index is 0.00000210. The van der Waals surface area contributed by atoms with Crippen LogP contribution < -0.4 is 34.7 Å². The van der Waals surface area contributed by atoms with Gasteiger partial charge in [-0.15, -0.1) is 34.9 Å². The Morgan fingerprint density at radius 2 is 2.15 bits per heavy atom. The number of aliphatic carboxylic acids is 1. The van der Waals surface area contributed by atoms with Crippen LogP contribution in [0.1, 0.15) is 18.2 Å². The van der Waals surface area contributed by atoms with Gasteiger partial charge in [0.2, 0.25) is 5.91 Å². The molecular weight excluding hydrogens is 417 g/mol. The van der Waals surface area contributed by atoms with Gasteiger partial charge in [-0.1, -0.05) is 0 Å². The van der Waals surface area contributed by atoms with Crippen LogP contribution in [0.5, 0.6) is 0 Å². The van der Waals surface area contributed by atoms with Gasteiger partial charge in [0.15, 0.2) is 0 Å². The van der Waals surface area contributed by atoms with Crippen LogP contribution in [-0.4, -0.2) is 55.9 Å². The average molecular weight is 434 g/mol. The van der Waals surface area contributed by atoms with E-state index < -0.39 is 18.0 Å². The first-order valence-electron chi connectivity index (χ1n) is 7.94. The fourth-order valence-corrected chi connectivity index (χ4v) is 6.73. The van der Waals surface area contributed by atoms with Crippen molar-refractivity contribution in [3.8, 4) is 0 Å². The summed E-state index contributed by atoms with van der Waals surface area (Å²) >= 11 is 4.52. The van der Waals surface area contributed by atoms with E-state index in [1.165, 1.54) is 39.8 Å². The van der Waals surface area contributed by atoms with E-state index in [1.807, 2.05) is 16.9 Å². The molecule has 0 radical (unpaired) electrons. The number of carbonyl (C=O) groups excluding carboxylic acids is 2. The van der Waals surface area contributed by atoms with Gasteiger partial charge in [-0.25, -0.2) is 4.98 Å². The SMILES string of the molecule is CSc1ncn2c(SC)c(C3=C(C(=O)[O-])N4C(=O)[C@H]([C@@H](C)O)[C@H]4C3)sc12.[Na+]. The molecule has 1 N–H and O–H groups in total. The summed E-state index contributed by atoms with van der Waals surface area (Å²) < 4.78 is 1.96. The number of aliphatic hydroxyl groups is 1. The molecule has 0 aliphatic carbocycles. The second kappa shape index (κ2) is 7.74. The zero-order valence-electron chi connectivity index (χ0n) is 15.3. The zero-order chi connectivity index (χ0) is 18.7. The Hall–Kier alpha value is -0.490. The number of hydrogen-bond acceptors (Lipinski definition) is 8. The maximum atomic E-state index is 12.4. The molecule has 0 saturated carbocycles. The molecule has 2 aliphatic heterocycles. The summed E-state index contributed by atoms with van der Waals surface area (Å²) in [5, 5.41) is 23.5. The summed E-state index contributed by atoms with van der Waals surface area (Å²) in [7, 11) is 0. The number of fused-ring (bicyclic) bond motifs is 2. The molecule has 1 amide bonds. The number of nitrogens with zero attached hydrogens (tertiary/aromatic N) is 3. The molecule has 7 nitrogen and oxygen atoms in total. The molecule has 138 valence electrons. The van der Waals surface area contributed by atoms with E-state index in [-0.39, 0.29) is 47.2 Å². The number of rotatable bonds is 5. The molecule has 0 spiro atoms. The Labute approximate surface area is 190 Å². The van der Waals surface area contributed by atoms with E-state index in [9.17, 15) is 19.8 Å². The van der Waals surface area contributed by atoms with Crippen molar-refractivity contribution in [1.29, 1.82) is 0 Å². The van der Waals surface area contributed by atoms with E-state index in [4.69, 9.17) is 0 Å². The molecule has 0 aromatic carbocycles. The summed E-state index contributed by atoms with van der Waals surface area (Å²) in [6, 6.07) is -0.320. The summed E-state index contributed by atoms with van der Waals surface area (Å²) in [4.78, 5) is 31.6. The monoisotopic (exact) mass is 433 g/mol. The number of carboxylic acids is 1. The smallest absolute Gasteiger partial charge is 0.543 e. The van der Waals surface area contributed by atoms with Gasteiger partial charge in [0.1, 0.15) is 16.2 Å². The van der Waals surface area contributed by atoms with E-state index in [0.717, 1.165) is 19.8 Å². The quantitative estimate of drug-likeness (QED) is 0.328. The van der Waals surface area contributed by atoms with Crippen molar-refractivity contribution in [3.05, 3.63) is 16.9 Å². The van der Waals surface area contributed by atoms with Crippen molar-refractivity contribution < 1.29 is 49.4 Å². The van der Waals surface area contributed by atoms with E-state index in [1.54, 1.807) is 13.3 Å². The van der Waals surface area contributed by atoms with Gasteiger partial charge in [0.25, 0.3) is 0 Å². The normalized spacial score (nSPS) is 22.7. The second-order valence-corrected chi connectivity index (χ2v) is 8.82. The third kappa shape index (κ3) is 3.00. The minimum atomic E-state index is -1.35. The molecule has 0 bridgehead atoms. The zero-order valence-corrected chi connectivity index (χ0v) is 19.7. The standard InChI is InChI=1S/C16H17N3O4S3.Na/c1-6(20)9-8-4-7(10(16(22)23)19(8)13(9)21)11-14(25-3)18-5-17-12(24-2)15(18)26-11;/h5-6,8-9,20H,4H2,1-3H3,(H,22,23);/q;+1/p-1/t6-,8-,9-;/m1./s1. The van der Waals surface area contributed by atoms with Crippen molar-refractivity contribution in [3.63, 3.8) is 0 Å². The Kier molecular flexibility index (Phi) is 6.08. The van der Waals surface area contributed by atoms with E-state index in [2.05, 4.69) is 4.98 Å². The van der Waals surface area contributed by atoms with Crippen molar-refractivity contribution in [1.82, 2.24) is 14.3 Å². The molecule has 4 rings (SSSR count). The number of thioether (sulfide) groups is 2. The first-order chi connectivity index (χ1) is 12.4. The Bertz CT molecular complexity index is 968. The van der Waals surface area contributed by atoms with Crippen LogP contribution >= 0.6 is 34.9 Å². The van der Waals surface area contributed by atoms with Gasteiger partial charge < -0.3 is 19.9 Å². The number of amides is 1. The topological polar surface area (TPSA) is 98.0 Å². The van der Waals surface area contributed by atoms with Crippen LogP contribution in [0.15, 0.2) is 22.1 Å². The number of carbonyl (C=O) groups is 2. The third-order valence-electron chi connectivity index (χ3n) is 4.89. The predicted molar refractivity (Wildman–Crippen MR) is 99.0 cm³/mol. The van der Waals surface area contributed by atoms with Crippen LogP contribution in [0.25, 0.3) is 10.4 Å². The third-order valence-corrected chi connectivity index (χ3v) is 7.85. The fraction of sp³-hybridized carbons (Fsp3) is 0.438. The molecule has 2 aliphatic rings. The van der Waals surface area contributed by atoms with Crippen molar-refractivity contribution >= 4 is 57.1 Å². The van der Waals surface area contributed by atoms with E-state index >= 15 is 0 Å². The molecule has 11 heteroatoms. The number of aliphatic hydroxyl groups excluding tert-OH is 1. The molecule has 4 heterocycles. The van der Waals surface area contributed by atoms with Crippen LogP contribution in [0.4, 0.5) is 0 Å². The molecule has 0 unspecified atom stereocenters. The summed E-state index contributed by atoms with van der Waals surface area (Å²) in [5.41, 5.74) is 0.548. The average Bonchev–Trinajstić information content (AvgIpc) is 3.22. The molecule has 1 fully saturated rings. The number of imidazole rings is 1. The molecular formula is C16H16N3NaO4S3. The fourth-order valence-electron chi connectivity index (χ4n) is 3.79. The second-order valence-electron chi connectivity index (χ2n) is 6.23. The summed E-state index contributed by atoms with van der Waals surface area (Å²) in [6.07, 6.45) is 5.21. The maximum Gasteiger partial charge on any atom is 1.00 e. The molecule has 2 aromatic heterocycles. The number of hydrogen-bond donors (Lipinski definition) is 1. The molecule has 1 saturated heterocycles. The summed E-state index contributed by atoms with van der Waals surface area (Å²) in [6.45, 7) is 1.57. The van der Waals surface area contributed by atoms with Crippen LogP contribution in [0, 0.1) is 5.92 Å². The first kappa shape index (κ1) is 21.2. The van der Waals surface area contributed by atoms with Crippen LogP contribution in [-0.2, 0) is 9.59 Å². The Morgan fingerprint density at radius 3 is 2.70 bits per heavy atom. The number of thiazole rings is 1. The maximum absolute atomic E-state index is 12.4. The molecule has 27 heavy (non-hydrogen) atoms. The van der Waals surface area contributed by atoms with Crippen molar-refractivity contribution in [2.75, 3.05) is 12.5 Å². The molecule has 2 aromatic rings. The number of aromatic nitrogens is 2. The van der Waals surface area contributed by atoms with Crippen LogP contribution in [0.2, 0.25) is 0 Å². The predicted octanol–water partition coefficient (Wildman–Crippen LogP) is -2.08. The number of β-lactam (4-membered cyclic amide) rings is 1.